The fraction of sp³-hybridized carbons (Fsp3) is 0.364. The van der Waals surface area contributed by atoms with Gasteiger partial charge in [0.05, 0.1) is 16.6 Å². The molecule has 3 heterocycles. The number of rotatable bonds is 5. The van der Waals surface area contributed by atoms with Gasteiger partial charge in [-0.05, 0) is 44.9 Å². The van der Waals surface area contributed by atoms with Crippen molar-refractivity contribution in [1.29, 1.82) is 0 Å². The Labute approximate surface area is 177 Å². The number of ether oxygens (including phenoxy) is 3. The molecule has 31 heavy (non-hydrogen) atoms. The minimum absolute atomic E-state index is 0.308. The van der Waals surface area contributed by atoms with Crippen molar-refractivity contribution in [3.05, 3.63) is 41.2 Å². The van der Waals surface area contributed by atoms with E-state index in [9.17, 15) is 9.59 Å². The van der Waals surface area contributed by atoms with Gasteiger partial charge in [-0.1, -0.05) is 5.16 Å². The first-order chi connectivity index (χ1) is 15.0. The minimum atomic E-state index is -1.02. The zero-order valence-corrected chi connectivity index (χ0v) is 17.1. The molecule has 1 aromatic carbocycles. The molecule has 1 N–H and O–H groups in total. The highest BCUT2D eigenvalue weighted by molar-refractivity contribution is 6.04. The maximum atomic E-state index is 12.9. The number of carbonyl (C=O) groups excluding carboxylic acids is 2. The lowest BCUT2D eigenvalue weighted by Crippen LogP contribution is -2.30. The summed E-state index contributed by atoms with van der Waals surface area (Å²) in [4.78, 5) is 30.0. The minimum Gasteiger partial charge on any atom is -0.486 e. The Morgan fingerprint density at radius 1 is 1.16 bits per heavy atom. The molecule has 1 atom stereocenters. The largest absolute Gasteiger partial charge is 0.486 e. The Bertz CT molecular complexity index is 1180. The number of fused-ring (bicyclic) bond motifs is 2. The van der Waals surface area contributed by atoms with Gasteiger partial charge in [0.15, 0.2) is 17.6 Å². The molecule has 1 amide bonds. The molecular formula is C22H21N3O6. The molecule has 1 saturated carbocycles. The molecule has 2 aliphatic rings. The lowest BCUT2D eigenvalue weighted by molar-refractivity contribution is -0.123. The van der Waals surface area contributed by atoms with Crippen molar-refractivity contribution in [1.82, 2.24) is 10.1 Å². The van der Waals surface area contributed by atoms with Crippen LogP contribution in [0.2, 0.25) is 0 Å². The normalized spacial score (nSPS) is 16.1. The summed E-state index contributed by atoms with van der Waals surface area (Å²) in [6.07, 6.45) is 1.02. The highest BCUT2D eigenvalue weighted by atomic mass is 16.6. The van der Waals surface area contributed by atoms with Crippen LogP contribution in [0, 0.1) is 6.92 Å². The Hall–Kier alpha value is -3.62. The first kappa shape index (κ1) is 19.3. The Morgan fingerprint density at radius 2 is 1.94 bits per heavy atom. The van der Waals surface area contributed by atoms with Crippen LogP contribution in [-0.2, 0) is 9.53 Å². The second kappa shape index (κ2) is 7.57. The van der Waals surface area contributed by atoms with Crippen molar-refractivity contribution < 1.29 is 28.3 Å². The van der Waals surface area contributed by atoms with Crippen molar-refractivity contribution in [3.8, 4) is 11.5 Å². The molecule has 160 valence electrons. The summed E-state index contributed by atoms with van der Waals surface area (Å²) in [5, 5.41) is 7.16. The maximum absolute atomic E-state index is 12.9. The quantitative estimate of drug-likeness (QED) is 0.622. The number of anilines is 1. The van der Waals surface area contributed by atoms with Crippen LogP contribution < -0.4 is 14.8 Å². The Kier molecular flexibility index (Phi) is 4.72. The van der Waals surface area contributed by atoms with Crippen molar-refractivity contribution in [2.75, 3.05) is 18.5 Å². The summed E-state index contributed by atoms with van der Waals surface area (Å²) >= 11 is 0. The van der Waals surface area contributed by atoms with Crippen molar-refractivity contribution in [2.24, 2.45) is 0 Å². The number of hydrogen-bond acceptors (Lipinski definition) is 8. The number of aromatic nitrogens is 2. The Morgan fingerprint density at radius 3 is 2.71 bits per heavy atom. The van der Waals surface area contributed by atoms with Gasteiger partial charge in [-0.2, -0.15) is 0 Å². The third-order valence-corrected chi connectivity index (χ3v) is 5.32. The van der Waals surface area contributed by atoms with E-state index in [1.54, 1.807) is 31.2 Å². The molecule has 3 aromatic rings. The fourth-order valence-corrected chi connectivity index (χ4v) is 3.51. The number of benzene rings is 1. The van der Waals surface area contributed by atoms with E-state index in [1.807, 2.05) is 0 Å². The van der Waals surface area contributed by atoms with Crippen LogP contribution in [0.3, 0.4) is 0 Å². The van der Waals surface area contributed by atoms with Gasteiger partial charge in [0, 0.05) is 23.4 Å². The average molecular weight is 423 g/mol. The predicted octanol–water partition coefficient (Wildman–Crippen LogP) is 3.36. The van der Waals surface area contributed by atoms with E-state index >= 15 is 0 Å². The smallest absolute Gasteiger partial charge is 0.339 e. The van der Waals surface area contributed by atoms with Gasteiger partial charge in [0.25, 0.3) is 11.6 Å². The molecule has 1 aliphatic heterocycles. The predicted molar refractivity (Wildman–Crippen MR) is 109 cm³/mol. The first-order valence-electron chi connectivity index (χ1n) is 10.2. The zero-order valence-electron chi connectivity index (χ0n) is 17.1. The molecule has 0 spiro atoms. The van der Waals surface area contributed by atoms with Crippen molar-refractivity contribution in [2.45, 2.75) is 38.7 Å². The number of hydrogen-bond donors (Lipinski definition) is 1. The van der Waals surface area contributed by atoms with E-state index in [-0.39, 0.29) is 0 Å². The lowest BCUT2D eigenvalue weighted by Gasteiger charge is -2.19. The number of esters is 1. The van der Waals surface area contributed by atoms with Crippen LogP contribution in [-0.4, -0.2) is 41.3 Å². The summed E-state index contributed by atoms with van der Waals surface area (Å²) in [5.74, 6) is 0.423. The fourth-order valence-electron chi connectivity index (χ4n) is 3.51. The summed E-state index contributed by atoms with van der Waals surface area (Å²) < 4.78 is 21.7. The van der Waals surface area contributed by atoms with Crippen LogP contribution in [0.5, 0.6) is 11.5 Å². The molecule has 2 aromatic heterocycles. The average Bonchev–Trinajstić information content (AvgIpc) is 3.56. The van der Waals surface area contributed by atoms with Gasteiger partial charge in [-0.15, -0.1) is 0 Å². The Balaban J connectivity index is 1.32. The number of carbonyl (C=O) groups is 2. The molecule has 0 unspecified atom stereocenters. The van der Waals surface area contributed by atoms with E-state index in [2.05, 4.69) is 15.5 Å². The topological polar surface area (TPSA) is 113 Å². The maximum Gasteiger partial charge on any atom is 0.339 e. The van der Waals surface area contributed by atoms with Gasteiger partial charge in [-0.3, -0.25) is 4.79 Å². The molecule has 1 fully saturated rings. The second-order valence-electron chi connectivity index (χ2n) is 7.71. The van der Waals surface area contributed by atoms with Gasteiger partial charge >= 0.3 is 5.97 Å². The van der Waals surface area contributed by atoms with Crippen LogP contribution in [0.25, 0.3) is 11.1 Å². The summed E-state index contributed by atoms with van der Waals surface area (Å²) in [5.41, 5.74) is 2.47. The highest BCUT2D eigenvalue weighted by Crippen LogP contribution is 2.40. The number of amides is 1. The van der Waals surface area contributed by atoms with Gasteiger partial charge < -0.3 is 24.1 Å². The molecule has 0 radical (unpaired) electrons. The molecule has 1 aliphatic carbocycles. The SMILES string of the molecule is Cc1noc2nc(C3CC3)cc(C(=O)O[C@@H](C)C(=O)Nc3ccc4c(c3)OCCO4)c12. The van der Waals surface area contributed by atoms with E-state index < -0.39 is 18.0 Å². The van der Waals surface area contributed by atoms with E-state index in [0.29, 0.717) is 58.7 Å². The van der Waals surface area contributed by atoms with Crippen LogP contribution in [0.4, 0.5) is 5.69 Å². The summed E-state index contributed by atoms with van der Waals surface area (Å²) in [7, 11) is 0. The van der Waals surface area contributed by atoms with Crippen molar-refractivity contribution >= 4 is 28.7 Å². The highest BCUT2D eigenvalue weighted by Gasteiger charge is 2.30. The molecule has 0 bridgehead atoms. The molecule has 9 heteroatoms. The number of aryl methyl sites for hydroxylation is 1. The van der Waals surface area contributed by atoms with Gasteiger partial charge in [0.1, 0.15) is 13.2 Å². The molecular weight excluding hydrogens is 402 g/mol. The third kappa shape index (κ3) is 3.78. The van der Waals surface area contributed by atoms with E-state index in [4.69, 9.17) is 18.7 Å². The van der Waals surface area contributed by atoms with Gasteiger partial charge in [0.2, 0.25) is 0 Å². The zero-order chi connectivity index (χ0) is 21.5. The standard InChI is InChI=1S/C22H21N3O6/c1-11-19-15(10-16(13-3-4-13)24-21(19)31-25-11)22(27)30-12(2)20(26)23-14-5-6-17-18(9-14)29-8-7-28-17/h5-6,9-10,12-13H,3-4,7-8H2,1-2H3,(H,23,26)/t12-/m0/s1. The summed E-state index contributed by atoms with van der Waals surface area (Å²) in [6.45, 7) is 4.19. The second-order valence-corrected chi connectivity index (χ2v) is 7.71. The first-order valence-corrected chi connectivity index (χ1v) is 10.2. The van der Waals surface area contributed by atoms with E-state index in [1.165, 1.54) is 6.92 Å². The molecule has 0 saturated heterocycles. The third-order valence-electron chi connectivity index (χ3n) is 5.32. The van der Waals surface area contributed by atoms with Crippen molar-refractivity contribution in [3.63, 3.8) is 0 Å². The lowest BCUT2D eigenvalue weighted by atomic mass is 10.1. The molecule has 5 rings (SSSR count). The van der Waals surface area contributed by atoms with E-state index in [0.717, 1.165) is 18.5 Å². The van der Waals surface area contributed by atoms with Crippen LogP contribution in [0.1, 0.15) is 47.4 Å². The van der Waals surface area contributed by atoms with Crippen LogP contribution in [0.15, 0.2) is 28.8 Å². The number of nitrogens with one attached hydrogen (secondary N) is 1. The molecule has 9 nitrogen and oxygen atoms in total. The van der Waals surface area contributed by atoms with Gasteiger partial charge in [-0.25, -0.2) is 9.78 Å². The van der Waals surface area contributed by atoms with Crippen LogP contribution >= 0.6 is 0 Å². The number of pyridine rings is 1. The number of nitrogens with zero attached hydrogens (tertiary/aromatic N) is 2. The monoisotopic (exact) mass is 423 g/mol. The summed E-state index contributed by atoms with van der Waals surface area (Å²) in [6, 6.07) is 6.82.